The summed E-state index contributed by atoms with van der Waals surface area (Å²) in [5.74, 6) is 0.502. The Labute approximate surface area is 141 Å². The number of esters is 1. The molecule has 134 valence electrons. The standard InChI is InChI=1S/C19H34O4/c1-4-5-6-7-8-9-10-11-12-13-14-15-18(23-17(2)20)16-19(3,21)22/h1,18,21-22H,5-16H2,2-3H3. The summed E-state index contributed by atoms with van der Waals surface area (Å²) >= 11 is 0. The minimum absolute atomic E-state index is 0.0598. The van der Waals surface area contributed by atoms with Crippen LogP contribution in [0.25, 0.3) is 0 Å². The van der Waals surface area contributed by atoms with Gasteiger partial charge in [-0.05, 0) is 26.2 Å². The molecule has 0 amide bonds. The number of ether oxygens (including phenoxy) is 1. The summed E-state index contributed by atoms with van der Waals surface area (Å²) in [4.78, 5) is 11.0. The van der Waals surface area contributed by atoms with Crippen molar-refractivity contribution < 1.29 is 19.7 Å². The second-order valence-corrected chi connectivity index (χ2v) is 6.58. The van der Waals surface area contributed by atoms with E-state index in [2.05, 4.69) is 5.92 Å². The normalized spacial score (nSPS) is 12.7. The van der Waals surface area contributed by atoms with Crippen molar-refractivity contribution in [3.05, 3.63) is 0 Å². The third-order valence-corrected chi connectivity index (χ3v) is 3.79. The molecule has 0 aromatic carbocycles. The maximum absolute atomic E-state index is 11.0. The molecular weight excluding hydrogens is 292 g/mol. The first-order valence-corrected chi connectivity index (χ1v) is 8.90. The van der Waals surface area contributed by atoms with Gasteiger partial charge in [0, 0.05) is 19.8 Å². The molecule has 0 saturated carbocycles. The van der Waals surface area contributed by atoms with Crippen molar-refractivity contribution in [1.29, 1.82) is 0 Å². The first-order valence-electron chi connectivity index (χ1n) is 8.90. The molecular formula is C19H34O4. The van der Waals surface area contributed by atoms with Gasteiger partial charge in [0.05, 0.1) is 0 Å². The van der Waals surface area contributed by atoms with Crippen LogP contribution in [0.2, 0.25) is 0 Å². The van der Waals surface area contributed by atoms with Crippen LogP contribution in [0.3, 0.4) is 0 Å². The van der Waals surface area contributed by atoms with E-state index < -0.39 is 11.9 Å². The van der Waals surface area contributed by atoms with Crippen molar-refractivity contribution in [3.63, 3.8) is 0 Å². The largest absolute Gasteiger partial charge is 0.462 e. The van der Waals surface area contributed by atoms with E-state index >= 15 is 0 Å². The molecule has 0 saturated heterocycles. The van der Waals surface area contributed by atoms with Gasteiger partial charge in [0.1, 0.15) is 6.10 Å². The van der Waals surface area contributed by atoms with E-state index in [9.17, 15) is 15.0 Å². The zero-order chi connectivity index (χ0) is 17.6. The van der Waals surface area contributed by atoms with Crippen molar-refractivity contribution in [2.75, 3.05) is 0 Å². The molecule has 0 aromatic heterocycles. The van der Waals surface area contributed by atoms with Crippen LogP contribution in [0.1, 0.15) is 90.9 Å². The zero-order valence-corrected chi connectivity index (χ0v) is 14.9. The molecule has 0 heterocycles. The Hall–Kier alpha value is -1.05. The number of carbonyl (C=O) groups is 1. The highest BCUT2D eigenvalue weighted by molar-refractivity contribution is 5.66. The van der Waals surface area contributed by atoms with Crippen molar-refractivity contribution in [2.45, 2.75) is 103 Å². The summed E-state index contributed by atoms with van der Waals surface area (Å²) in [5, 5.41) is 18.9. The van der Waals surface area contributed by atoms with Crippen molar-refractivity contribution in [1.82, 2.24) is 0 Å². The topological polar surface area (TPSA) is 66.8 Å². The quantitative estimate of drug-likeness (QED) is 0.220. The molecule has 4 nitrogen and oxygen atoms in total. The summed E-state index contributed by atoms with van der Waals surface area (Å²) < 4.78 is 5.15. The number of hydrogen-bond acceptors (Lipinski definition) is 4. The third-order valence-electron chi connectivity index (χ3n) is 3.79. The summed E-state index contributed by atoms with van der Waals surface area (Å²) in [5.41, 5.74) is 0. The monoisotopic (exact) mass is 326 g/mol. The average molecular weight is 326 g/mol. The maximum atomic E-state index is 11.0. The minimum atomic E-state index is -1.79. The van der Waals surface area contributed by atoms with Crippen LogP contribution in [0.15, 0.2) is 0 Å². The molecule has 0 rings (SSSR count). The highest BCUT2D eigenvalue weighted by atomic mass is 16.5. The van der Waals surface area contributed by atoms with E-state index in [1.807, 2.05) is 0 Å². The van der Waals surface area contributed by atoms with Crippen LogP contribution in [-0.2, 0) is 9.53 Å². The number of carbonyl (C=O) groups excluding carboxylic acids is 1. The van der Waals surface area contributed by atoms with Crippen molar-refractivity contribution >= 4 is 5.97 Å². The maximum Gasteiger partial charge on any atom is 0.302 e. The Balaban J connectivity index is 3.59. The van der Waals surface area contributed by atoms with Crippen molar-refractivity contribution in [2.24, 2.45) is 0 Å². The molecule has 0 spiro atoms. The second-order valence-electron chi connectivity index (χ2n) is 6.58. The molecule has 4 heteroatoms. The second kappa shape index (κ2) is 13.4. The van der Waals surface area contributed by atoms with Gasteiger partial charge in [0.25, 0.3) is 0 Å². The van der Waals surface area contributed by atoms with Gasteiger partial charge < -0.3 is 14.9 Å². The van der Waals surface area contributed by atoms with Crippen LogP contribution in [0.4, 0.5) is 0 Å². The number of unbranched alkanes of at least 4 members (excludes halogenated alkanes) is 9. The fraction of sp³-hybridized carbons (Fsp3) is 0.842. The molecule has 1 atom stereocenters. The van der Waals surface area contributed by atoms with E-state index in [-0.39, 0.29) is 12.4 Å². The molecule has 23 heavy (non-hydrogen) atoms. The average Bonchev–Trinajstić information content (AvgIpc) is 2.42. The van der Waals surface area contributed by atoms with Crippen LogP contribution < -0.4 is 0 Å². The highest BCUT2D eigenvalue weighted by Crippen LogP contribution is 2.18. The predicted molar refractivity (Wildman–Crippen MR) is 92.6 cm³/mol. The van der Waals surface area contributed by atoms with Crippen LogP contribution >= 0.6 is 0 Å². The lowest BCUT2D eigenvalue weighted by Gasteiger charge is -2.23. The number of rotatable bonds is 14. The summed E-state index contributed by atoms with van der Waals surface area (Å²) in [6.45, 7) is 2.66. The lowest BCUT2D eigenvalue weighted by molar-refractivity contribution is -0.178. The van der Waals surface area contributed by atoms with Gasteiger partial charge in [-0.1, -0.05) is 44.9 Å². The van der Waals surface area contributed by atoms with Gasteiger partial charge in [0.15, 0.2) is 5.79 Å². The first kappa shape index (κ1) is 21.9. The molecule has 0 aromatic rings. The molecule has 0 aliphatic carbocycles. The van der Waals surface area contributed by atoms with E-state index in [4.69, 9.17) is 11.2 Å². The fourth-order valence-electron chi connectivity index (χ4n) is 2.71. The smallest absolute Gasteiger partial charge is 0.302 e. The molecule has 2 N–H and O–H groups in total. The molecule has 0 radical (unpaired) electrons. The lowest BCUT2D eigenvalue weighted by atomic mass is 10.0. The molecule has 0 bridgehead atoms. The van der Waals surface area contributed by atoms with Gasteiger partial charge in [-0.2, -0.15) is 0 Å². The van der Waals surface area contributed by atoms with Gasteiger partial charge in [-0.25, -0.2) is 0 Å². The lowest BCUT2D eigenvalue weighted by Crippen LogP contribution is -2.31. The highest BCUT2D eigenvalue weighted by Gasteiger charge is 2.24. The summed E-state index contributed by atoms with van der Waals surface area (Å²) in [6, 6.07) is 0. The number of hydrogen-bond donors (Lipinski definition) is 2. The van der Waals surface area contributed by atoms with Crippen LogP contribution in [0.5, 0.6) is 0 Å². The SMILES string of the molecule is C#CCCCCCCCCCCCC(CC(C)(O)O)OC(C)=O. The van der Waals surface area contributed by atoms with E-state index in [1.54, 1.807) is 0 Å². The van der Waals surface area contributed by atoms with Gasteiger partial charge in [-0.15, -0.1) is 12.3 Å². The summed E-state index contributed by atoms with van der Waals surface area (Å²) in [6.07, 6.45) is 17.0. The zero-order valence-electron chi connectivity index (χ0n) is 14.9. The number of aliphatic hydroxyl groups is 2. The predicted octanol–water partition coefficient (Wildman–Crippen LogP) is 3.93. The van der Waals surface area contributed by atoms with E-state index in [0.29, 0.717) is 6.42 Å². The Morgan fingerprint density at radius 2 is 1.52 bits per heavy atom. The summed E-state index contributed by atoms with van der Waals surface area (Å²) in [7, 11) is 0. The minimum Gasteiger partial charge on any atom is -0.462 e. The Kier molecular flexibility index (Phi) is 12.8. The molecule has 0 fully saturated rings. The van der Waals surface area contributed by atoms with E-state index in [0.717, 1.165) is 25.7 Å². The fourth-order valence-corrected chi connectivity index (χ4v) is 2.71. The Morgan fingerprint density at radius 1 is 1.04 bits per heavy atom. The van der Waals surface area contributed by atoms with Gasteiger partial charge in [0.2, 0.25) is 0 Å². The molecule has 1 unspecified atom stereocenters. The molecule has 0 aliphatic rings. The van der Waals surface area contributed by atoms with Gasteiger partial charge >= 0.3 is 5.97 Å². The first-order chi connectivity index (χ1) is 10.8. The van der Waals surface area contributed by atoms with Crippen LogP contribution in [0, 0.1) is 12.3 Å². The Bertz CT molecular complexity index is 338. The van der Waals surface area contributed by atoms with Crippen molar-refractivity contribution in [3.8, 4) is 12.3 Å². The third kappa shape index (κ3) is 17.1. The Morgan fingerprint density at radius 3 is 1.96 bits per heavy atom. The van der Waals surface area contributed by atoms with Crippen LogP contribution in [-0.4, -0.2) is 28.1 Å². The number of terminal acetylenes is 1. The van der Waals surface area contributed by atoms with Gasteiger partial charge in [-0.3, -0.25) is 4.79 Å². The van der Waals surface area contributed by atoms with E-state index in [1.165, 1.54) is 52.4 Å². The molecule has 0 aliphatic heterocycles.